The van der Waals surface area contributed by atoms with Gasteiger partial charge in [0.2, 0.25) is 0 Å². The number of piperidine rings is 1. The van der Waals surface area contributed by atoms with E-state index in [1.165, 1.54) is 19.5 Å². The molecule has 1 N–H and O–H groups in total. The Balaban J connectivity index is 1.63. The highest BCUT2D eigenvalue weighted by atomic mass is 32.2. The maximum Gasteiger partial charge on any atom is 0.358 e. The lowest BCUT2D eigenvalue weighted by Gasteiger charge is -2.41. The van der Waals surface area contributed by atoms with Crippen LogP contribution in [0.2, 0.25) is 0 Å². The molecule has 0 radical (unpaired) electrons. The summed E-state index contributed by atoms with van der Waals surface area (Å²) in [5.74, 6) is -1.14. The van der Waals surface area contributed by atoms with Gasteiger partial charge in [0.05, 0.1) is 12.2 Å². The van der Waals surface area contributed by atoms with Gasteiger partial charge in [-0.1, -0.05) is 11.6 Å². The topological polar surface area (TPSA) is 109 Å². The molecular weight excluding hydrogens is 298 g/mol. The number of rotatable bonds is 4. The fourth-order valence-electron chi connectivity index (χ4n) is 2.58. The summed E-state index contributed by atoms with van der Waals surface area (Å²) in [7, 11) is -3.39. The van der Waals surface area contributed by atoms with Crippen molar-refractivity contribution in [2.45, 2.75) is 25.3 Å². The van der Waals surface area contributed by atoms with E-state index in [0.29, 0.717) is 26.2 Å². The fraction of sp³-hybridized carbons (Fsp3) is 0.727. The Morgan fingerprint density at radius 3 is 2.43 bits per heavy atom. The van der Waals surface area contributed by atoms with E-state index in [1.807, 2.05) is 0 Å². The minimum atomic E-state index is -3.39. The fourth-order valence-corrected chi connectivity index (χ4v) is 4.35. The number of carboxylic acids is 1. The molecule has 9 nitrogen and oxygen atoms in total. The van der Waals surface area contributed by atoms with Gasteiger partial charge in [0.1, 0.15) is 0 Å². The molecule has 0 spiro atoms. The number of nitrogens with zero attached hydrogens (tertiary/aromatic N) is 5. The van der Waals surface area contributed by atoms with Crippen molar-refractivity contribution in [1.82, 2.24) is 23.6 Å². The molecule has 10 heteroatoms. The van der Waals surface area contributed by atoms with Crippen molar-refractivity contribution in [2.75, 3.05) is 26.2 Å². The van der Waals surface area contributed by atoms with Crippen molar-refractivity contribution in [1.29, 1.82) is 0 Å². The second-order valence-corrected chi connectivity index (χ2v) is 7.26. The molecule has 1 aromatic heterocycles. The molecule has 2 fully saturated rings. The van der Waals surface area contributed by atoms with Crippen LogP contribution in [-0.2, 0) is 10.2 Å². The second-order valence-electron chi connectivity index (χ2n) is 5.33. The Morgan fingerprint density at radius 2 is 1.86 bits per heavy atom. The summed E-state index contributed by atoms with van der Waals surface area (Å²) in [5, 5.41) is 16.1. The van der Waals surface area contributed by atoms with Crippen molar-refractivity contribution in [3.05, 3.63) is 11.9 Å². The van der Waals surface area contributed by atoms with Crippen LogP contribution in [0.3, 0.4) is 0 Å². The van der Waals surface area contributed by atoms with Gasteiger partial charge in [0.15, 0.2) is 5.69 Å². The lowest BCUT2D eigenvalue weighted by molar-refractivity contribution is 0.0690. The molecule has 0 aromatic carbocycles. The van der Waals surface area contributed by atoms with Gasteiger partial charge in [-0.3, -0.25) is 0 Å². The number of aromatic carboxylic acids is 1. The number of carboxylic acid groups (broad SMARTS) is 1. The molecule has 0 unspecified atom stereocenters. The molecule has 0 saturated carbocycles. The summed E-state index contributed by atoms with van der Waals surface area (Å²) in [5.41, 5.74) is -0.132. The van der Waals surface area contributed by atoms with Crippen LogP contribution in [0.4, 0.5) is 0 Å². The Morgan fingerprint density at radius 1 is 1.19 bits per heavy atom. The van der Waals surface area contributed by atoms with Crippen LogP contribution >= 0.6 is 0 Å². The average molecular weight is 315 g/mol. The summed E-state index contributed by atoms with van der Waals surface area (Å²) in [6, 6.07) is -0.148. The second kappa shape index (κ2) is 5.35. The molecule has 2 aliphatic heterocycles. The van der Waals surface area contributed by atoms with Gasteiger partial charge in [-0.2, -0.15) is 17.0 Å². The first-order valence-electron chi connectivity index (χ1n) is 6.89. The number of aromatic nitrogens is 3. The predicted octanol–water partition coefficient (Wildman–Crippen LogP) is -0.436. The van der Waals surface area contributed by atoms with Crippen LogP contribution in [-0.4, -0.2) is 69.3 Å². The van der Waals surface area contributed by atoms with Crippen molar-refractivity contribution < 1.29 is 18.3 Å². The summed E-state index contributed by atoms with van der Waals surface area (Å²) in [4.78, 5) is 10.7. The summed E-state index contributed by atoms with van der Waals surface area (Å²) in [6.07, 6.45) is 4.21. The maximum absolute atomic E-state index is 12.4. The third-order valence-electron chi connectivity index (χ3n) is 3.90. The molecule has 3 heterocycles. The lowest BCUT2D eigenvalue weighted by atomic mass is 10.2. The van der Waals surface area contributed by atoms with Gasteiger partial charge < -0.3 is 5.11 Å². The Kier molecular flexibility index (Phi) is 3.68. The van der Waals surface area contributed by atoms with E-state index in [9.17, 15) is 13.2 Å². The van der Waals surface area contributed by atoms with E-state index in [0.717, 1.165) is 19.3 Å². The quantitative estimate of drug-likeness (QED) is 0.807. The van der Waals surface area contributed by atoms with Crippen molar-refractivity contribution in [2.24, 2.45) is 0 Å². The predicted molar refractivity (Wildman–Crippen MR) is 71.9 cm³/mol. The van der Waals surface area contributed by atoms with Gasteiger partial charge in [-0.15, -0.1) is 5.10 Å². The molecule has 2 saturated heterocycles. The molecular formula is C11H17N5O4S. The van der Waals surface area contributed by atoms with Crippen LogP contribution in [0, 0.1) is 0 Å². The summed E-state index contributed by atoms with van der Waals surface area (Å²) >= 11 is 0. The van der Waals surface area contributed by atoms with E-state index in [-0.39, 0.29) is 11.7 Å². The first kappa shape index (κ1) is 14.4. The standard InChI is InChI=1S/C11H17N5O4S/c17-11(18)10-8-16(13-12-10)9-6-15(7-9)21(19,20)14-4-2-1-3-5-14/h8-9H,1-7H2,(H,17,18). The zero-order valence-electron chi connectivity index (χ0n) is 11.4. The van der Waals surface area contributed by atoms with Crippen LogP contribution in [0.1, 0.15) is 35.8 Å². The van der Waals surface area contributed by atoms with Crippen LogP contribution in [0.15, 0.2) is 6.20 Å². The molecule has 0 atom stereocenters. The third-order valence-corrected chi connectivity index (χ3v) is 5.87. The third kappa shape index (κ3) is 2.65. The molecule has 2 aliphatic rings. The Labute approximate surface area is 122 Å². The molecule has 1 aromatic rings. The van der Waals surface area contributed by atoms with Crippen molar-refractivity contribution >= 4 is 16.2 Å². The van der Waals surface area contributed by atoms with Gasteiger partial charge in [0.25, 0.3) is 10.2 Å². The Bertz CT molecular complexity index is 631. The minimum absolute atomic E-state index is 0.132. The zero-order chi connectivity index (χ0) is 15.0. The van der Waals surface area contributed by atoms with Gasteiger partial charge in [-0.25, -0.2) is 9.48 Å². The highest BCUT2D eigenvalue weighted by Gasteiger charge is 2.41. The lowest BCUT2D eigenvalue weighted by Crippen LogP contribution is -2.56. The summed E-state index contributed by atoms with van der Waals surface area (Å²) in [6.45, 7) is 1.77. The van der Waals surface area contributed by atoms with E-state index in [2.05, 4.69) is 10.3 Å². The normalized spacial score (nSPS) is 22.1. The molecule has 0 bridgehead atoms. The van der Waals surface area contributed by atoms with Gasteiger partial charge >= 0.3 is 5.97 Å². The maximum atomic E-state index is 12.4. The molecule has 21 heavy (non-hydrogen) atoms. The Hall–Kier alpha value is -1.52. The van der Waals surface area contributed by atoms with Crippen molar-refractivity contribution in [3.8, 4) is 0 Å². The van der Waals surface area contributed by atoms with E-state index < -0.39 is 16.2 Å². The molecule has 116 valence electrons. The summed E-state index contributed by atoms with van der Waals surface area (Å²) < 4.78 is 29.1. The van der Waals surface area contributed by atoms with E-state index >= 15 is 0 Å². The van der Waals surface area contributed by atoms with Gasteiger partial charge in [0, 0.05) is 26.2 Å². The van der Waals surface area contributed by atoms with Crippen LogP contribution in [0.25, 0.3) is 0 Å². The SMILES string of the molecule is O=C(O)c1cn(C2CN(S(=O)(=O)N3CCCCC3)C2)nn1. The first-order valence-corrected chi connectivity index (χ1v) is 8.28. The molecule has 0 aliphatic carbocycles. The largest absolute Gasteiger partial charge is 0.476 e. The average Bonchev–Trinajstić information content (AvgIpc) is 2.87. The molecule has 0 amide bonds. The zero-order valence-corrected chi connectivity index (χ0v) is 12.2. The van der Waals surface area contributed by atoms with Crippen LogP contribution < -0.4 is 0 Å². The van der Waals surface area contributed by atoms with Gasteiger partial charge in [-0.05, 0) is 12.8 Å². The van der Waals surface area contributed by atoms with E-state index in [4.69, 9.17) is 5.11 Å². The van der Waals surface area contributed by atoms with E-state index in [1.54, 1.807) is 0 Å². The number of hydrogen-bond acceptors (Lipinski definition) is 5. The number of hydrogen-bond donors (Lipinski definition) is 1. The monoisotopic (exact) mass is 315 g/mol. The van der Waals surface area contributed by atoms with Crippen LogP contribution in [0.5, 0.6) is 0 Å². The smallest absolute Gasteiger partial charge is 0.358 e. The minimum Gasteiger partial charge on any atom is -0.476 e. The first-order chi connectivity index (χ1) is 9.98. The molecule has 3 rings (SSSR count). The number of carbonyl (C=O) groups is 1. The highest BCUT2D eigenvalue weighted by molar-refractivity contribution is 7.86. The highest BCUT2D eigenvalue weighted by Crippen LogP contribution is 2.27. The van der Waals surface area contributed by atoms with Crippen molar-refractivity contribution in [3.63, 3.8) is 0 Å².